The maximum absolute atomic E-state index is 12.1. The van der Waals surface area contributed by atoms with Gasteiger partial charge in [0.25, 0.3) is 10.0 Å². The minimum atomic E-state index is -4.34. The Morgan fingerprint density at radius 2 is 1.92 bits per heavy atom. The summed E-state index contributed by atoms with van der Waals surface area (Å²) >= 11 is 1.60. The third-order valence-electron chi connectivity index (χ3n) is 1.77. The Balaban J connectivity index is 2.69. The molecule has 3 nitrogen and oxygen atoms in total. The van der Waals surface area contributed by atoms with Crippen LogP contribution >= 0.6 is 11.8 Å². The topological polar surface area (TPSA) is 37.4 Å². The second kappa shape index (κ2) is 4.56. The van der Waals surface area contributed by atoms with Crippen LogP contribution in [0.1, 0.15) is 6.42 Å². The standard InChI is InChI=1S/C6H11F2NO2S2/c7-6(8)13(10,11)9-2-1-4-12-5-3-9/h6H,1-5H2. The lowest BCUT2D eigenvalue weighted by molar-refractivity contribution is 0.220. The van der Waals surface area contributed by atoms with E-state index in [1.54, 1.807) is 11.8 Å². The van der Waals surface area contributed by atoms with Gasteiger partial charge in [0.15, 0.2) is 0 Å². The zero-order valence-electron chi connectivity index (χ0n) is 6.95. The van der Waals surface area contributed by atoms with Crippen molar-refractivity contribution in [2.45, 2.75) is 12.2 Å². The summed E-state index contributed by atoms with van der Waals surface area (Å²) < 4.78 is 47.1. The molecule has 1 heterocycles. The molecule has 0 atom stereocenters. The smallest absolute Gasteiger partial charge is 0.206 e. The molecule has 0 N–H and O–H groups in total. The fourth-order valence-electron chi connectivity index (χ4n) is 1.09. The Hall–Kier alpha value is 0.120. The van der Waals surface area contributed by atoms with Crippen LogP contribution in [0.3, 0.4) is 0 Å². The molecule has 1 saturated heterocycles. The molecule has 0 amide bonds. The summed E-state index contributed by atoms with van der Waals surface area (Å²) in [6, 6.07) is 0. The first-order valence-corrected chi connectivity index (χ1v) is 6.56. The fourth-order valence-corrected chi connectivity index (χ4v) is 3.05. The van der Waals surface area contributed by atoms with E-state index in [9.17, 15) is 17.2 Å². The molecule has 0 aromatic carbocycles. The SMILES string of the molecule is O=S(=O)(C(F)F)N1CCCSCC1. The van der Waals surface area contributed by atoms with Gasteiger partial charge in [0.2, 0.25) is 0 Å². The minimum Gasteiger partial charge on any atom is -0.206 e. The first kappa shape index (κ1) is 11.2. The van der Waals surface area contributed by atoms with E-state index in [4.69, 9.17) is 0 Å². The number of hydrogen-bond acceptors (Lipinski definition) is 3. The minimum absolute atomic E-state index is 0.206. The van der Waals surface area contributed by atoms with Gasteiger partial charge in [-0.05, 0) is 12.2 Å². The average molecular weight is 231 g/mol. The summed E-state index contributed by atoms with van der Waals surface area (Å²) in [7, 11) is -4.34. The monoisotopic (exact) mass is 231 g/mol. The first-order chi connectivity index (χ1) is 6.05. The Morgan fingerprint density at radius 3 is 2.54 bits per heavy atom. The van der Waals surface area contributed by atoms with Crippen LogP contribution in [-0.4, -0.2) is 43.1 Å². The van der Waals surface area contributed by atoms with Crippen molar-refractivity contribution >= 4 is 21.8 Å². The summed E-state index contributed by atoms with van der Waals surface area (Å²) in [5, 5.41) is 0. The third kappa shape index (κ3) is 2.78. The molecule has 0 spiro atoms. The molecule has 78 valence electrons. The molecule has 0 saturated carbocycles. The molecule has 1 rings (SSSR count). The van der Waals surface area contributed by atoms with Crippen LogP contribution in [-0.2, 0) is 10.0 Å². The van der Waals surface area contributed by atoms with Gasteiger partial charge in [-0.15, -0.1) is 0 Å². The predicted octanol–water partition coefficient (Wildman–Crippen LogP) is 0.978. The number of nitrogens with zero attached hydrogens (tertiary/aromatic N) is 1. The summed E-state index contributed by atoms with van der Waals surface area (Å²) in [5.41, 5.74) is 0. The van der Waals surface area contributed by atoms with E-state index < -0.39 is 15.8 Å². The summed E-state index contributed by atoms with van der Waals surface area (Å²) in [4.78, 5) is 0. The number of alkyl halides is 2. The van der Waals surface area contributed by atoms with Crippen LogP contribution in [0.15, 0.2) is 0 Å². The molecule has 7 heteroatoms. The molecular formula is C6H11F2NO2S2. The van der Waals surface area contributed by atoms with Gasteiger partial charge in [0, 0.05) is 18.8 Å². The van der Waals surface area contributed by atoms with E-state index in [2.05, 4.69) is 0 Å². The fraction of sp³-hybridized carbons (Fsp3) is 1.00. The summed E-state index contributed by atoms with van der Waals surface area (Å²) in [6.45, 7) is 0.428. The van der Waals surface area contributed by atoms with Crippen molar-refractivity contribution in [2.24, 2.45) is 0 Å². The molecule has 0 radical (unpaired) electrons. The van der Waals surface area contributed by atoms with E-state index in [1.165, 1.54) is 0 Å². The summed E-state index contributed by atoms with van der Waals surface area (Å²) in [6.07, 6.45) is 0.649. The second-order valence-corrected chi connectivity index (χ2v) is 5.80. The molecule has 0 unspecified atom stereocenters. The molecule has 0 bridgehead atoms. The highest BCUT2D eigenvalue weighted by Crippen LogP contribution is 2.17. The molecule has 0 aromatic rings. The molecule has 1 aliphatic rings. The maximum atomic E-state index is 12.1. The molecular weight excluding hydrogens is 220 g/mol. The average Bonchev–Trinajstić information content (AvgIpc) is 2.31. The Morgan fingerprint density at radius 1 is 1.23 bits per heavy atom. The molecule has 0 aliphatic carbocycles. The van der Waals surface area contributed by atoms with Crippen molar-refractivity contribution < 1.29 is 17.2 Å². The summed E-state index contributed by atoms with van der Waals surface area (Å²) in [5.74, 6) is -1.84. The van der Waals surface area contributed by atoms with Crippen LogP contribution in [0, 0.1) is 0 Å². The number of halogens is 2. The lowest BCUT2D eigenvalue weighted by atomic mass is 10.5. The second-order valence-electron chi connectivity index (χ2n) is 2.67. The van der Waals surface area contributed by atoms with E-state index in [-0.39, 0.29) is 13.1 Å². The quantitative estimate of drug-likeness (QED) is 0.711. The van der Waals surface area contributed by atoms with Gasteiger partial charge in [-0.25, -0.2) is 8.42 Å². The van der Waals surface area contributed by atoms with Crippen LogP contribution in [0.5, 0.6) is 0 Å². The molecule has 0 aromatic heterocycles. The number of sulfonamides is 1. The van der Waals surface area contributed by atoms with Crippen LogP contribution < -0.4 is 0 Å². The maximum Gasteiger partial charge on any atom is 0.350 e. The zero-order chi connectivity index (χ0) is 9.90. The largest absolute Gasteiger partial charge is 0.350 e. The predicted molar refractivity (Wildman–Crippen MR) is 48.4 cm³/mol. The van der Waals surface area contributed by atoms with Crippen LogP contribution in [0.4, 0.5) is 8.78 Å². The van der Waals surface area contributed by atoms with E-state index in [0.717, 1.165) is 10.1 Å². The van der Waals surface area contributed by atoms with Gasteiger partial charge < -0.3 is 0 Å². The molecule has 13 heavy (non-hydrogen) atoms. The van der Waals surface area contributed by atoms with Crippen molar-refractivity contribution in [1.82, 2.24) is 4.31 Å². The van der Waals surface area contributed by atoms with Gasteiger partial charge in [-0.3, -0.25) is 0 Å². The zero-order valence-corrected chi connectivity index (χ0v) is 8.58. The highest BCUT2D eigenvalue weighted by molar-refractivity contribution is 7.99. The van der Waals surface area contributed by atoms with Gasteiger partial charge in [0.1, 0.15) is 0 Å². The third-order valence-corrected chi connectivity index (χ3v) is 4.35. The van der Waals surface area contributed by atoms with E-state index in [0.29, 0.717) is 12.2 Å². The Bertz CT molecular complexity index is 247. The normalized spacial score (nSPS) is 21.8. The van der Waals surface area contributed by atoms with Crippen molar-refractivity contribution in [2.75, 3.05) is 24.6 Å². The van der Waals surface area contributed by atoms with Crippen molar-refractivity contribution in [3.05, 3.63) is 0 Å². The highest BCUT2D eigenvalue weighted by Gasteiger charge is 2.31. The van der Waals surface area contributed by atoms with Gasteiger partial charge >= 0.3 is 5.76 Å². The number of thioether (sulfide) groups is 1. The van der Waals surface area contributed by atoms with Crippen LogP contribution in [0.25, 0.3) is 0 Å². The van der Waals surface area contributed by atoms with E-state index in [1.807, 2.05) is 0 Å². The molecule has 1 aliphatic heterocycles. The number of hydrogen-bond donors (Lipinski definition) is 0. The first-order valence-electron chi connectivity index (χ1n) is 3.90. The van der Waals surface area contributed by atoms with Crippen molar-refractivity contribution in [3.8, 4) is 0 Å². The lowest BCUT2D eigenvalue weighted by Crippen LogP contribution is -2.36. The molecule has 1 fully saturated rings. The van der Waals surface area contributed by atoms with Gasteiger partial charge in [-0.1, -0.05) is 0 Å². The lowest BCUT2D eigenvalue weighted by Gasteiger charge is -2.18. The van der Waals surface area contributed by atoms with Crippen LogP contribution in [0.2, 0.25) is 0 Å². The van der Waals surface area contributed by atoms with Crippen molar-refractivity contribution in [1.29, 1.82) is 0 Å². The number of rotatable bonds is 2. The van der Waals surface area contributed by atoms with Gasteiger partial charge in [-0.2, -0.15) is 24.8 Å². The Labute approximate surface area is 80.5 Å². The van der Waals surface area contributed by atoms with Gasteiger partial charge in [0.05, 0.1) is 0 Å². The highest BCUT2D eigenvalue weighted by atomic mass is 32.2. The Kier molecular flexibility index (Phi) is 3.93. The van der Waals surface area contributed by atoms with E-state index >= 15 is 0 Å². The van der Waals surface area contributed by atoms with Crippen molar-refractivity contribution in [3.63, 3.8) is 0 Å².